The maximum atomic E-state index is 5.91. The minimum atomic E-state index is -0.0747. The number of hydrogen-bond donors (Lipinski definition) is 2. The van der Waals surface area contributed by atoms with Gasteiger partial charge in [0, 0.05) is 5.02 Å². The van der Waals surface area contributed by atoms with Crippen LogP contribution in [-0.2, 0) is 5.54 Å². The van der Waals surface area contributed by atoms with Crippen molar-refractivity contribution in [3.63, 3.8) is 0 Å². The molecule has 1 aromatic carbocycles. The average Bonchev–Trinajstić information content (AvgIpc) is 3.05. The Kier molecular flexibility index (Phi) is 2.11. The first-order valence-corrected chi connectivity index (χ1v) is 5.93. The van der Waals surface area contributed by atoms with Crippen molar-refractivity contribution in [1.29, 1.82) is 0 Å². The van der Waals surface area contributed by atoms with Crippen LogP contribution in [0.3, 0.4) is 0 Å². The zero-order chi connectivity index (χ0) is 11.2. The Hall–Kier alpha value is -1.22. The van der Waals surface area contributed by atoms with E-state index in [4.69, 9.17) is 17.3 Å². The standard InChI is InChI=1S/C12H14ClN3/c13-10-5-3-9(4-6-10)12(8-1-2-8)7-15-11(14)16-12/h3-6,8H,1-2,7H2,(H3,14,15,16). The number of rotatable bonds is 2. The Bertz CT molecular complexity index is 436. The molecular weight excluding hydrogens is 222 g/mol. The van der Waals surface area contributed by atoms with Gasteiger partial charge in [0.2, 0.25) is 0 Å². The van der Waals surface area contributed by atoms with Gasteiger partial charge in [0.1, 0.15) is 0 Å². The van der Waals surface area contributed by atoms with Gasteiger partial charge in [0.25, 0.3) is 0 Å². The van der Waals surface area contributed by atoms with Gasteiger partial charge in [-0.2, -0.15) is 0 Å². The molecule has 1 atom stereocenters. The molecule has 1 saturated carbocycles. The van der Waals surface area contributed by atoms with E-state index in [1.54, 1.807) is 0 Å². The molecule has 1 aliphatic heterocycles. The van der Waals surface area contributed by atoms with Crippen molar-refractivity contribution < 1.29 is 0 Å². The molecule has 1 aliphatic carbocycles. The molecule has 1 unspecified atom stereocenters. The molecular formula is C12H14ClN3. The summed E-state index contributed by atoms with van der Waals surface area (Å²) in [6.45, 7) is 0.741. The molecule has 84 valence electrons. The number of guanidine groups is 1. The van der Waals surface area contributed by atoms with Gasteiger partial charge in [0.05, 0.1) is 12.1 Å². The van der Waals surface area contributed by atoms with E-state index < -0.39 is 0 Å². The molecule has 0 aromatic heterocycles. The molecule has 3 N–H and O–H groups in total. The monoisotopic (exact) mass is 235 g/mol. The van der Waals surface area contributed by atoms with E-state index in [0.29, 0.717) is 11.9 Å². The predicted molar refractivity (Wildman–Crippen MR) is 65.5 cm³/mol. The lowest BCUT2D eigenvalue weighted by atomic mass is 9.86. The second-order valence-electron chi connectivity index (χ2n) is 4.58. The van der Waals surface area contributed by atoms with Crippen LogP contribution in [0.15, 0.2) is 29.3 Å². The Morgan fingerprint density at radius 2 is 2.00 bits per heavy atom. The predicted octanol–water partition coefficient (Wildman–Crippen LogP) is 1.86. The fraction of sp³-hybridized carbons (Fsp3) is 0.417. The zero-order valence-electron chi connectivity index (χ0n) is 8.91. The van der Waals surface area contributed by atoms with Crippen molar-refractivity contribution in [2.24, 2.45) is 16.6 Å². The summed E-state index contributed by atoms with van der Waals surface area (Å²) in [4.78, 5) is 4.30. The summed E-state index contributed by atoms with van der Waals surface area (Å²) in [6.07, 6.45) is 2.50. The van der Waals surface area contributed by atoms with E-state index >= 15 is 0 Å². The summed E-state index contributed by atoms with van der Waals surface area (Å²) in [7, 11) is 0. The lowest BCUT2D eigenvalue weighted by Crippen LogP contribution is -2.47. The normalized spacial score (nSPS) is 28.7. The Labute approximate surface area is 99.7 Å². The van der Waals surface area contributed by atoms with E-state index in [2.05, 4.69) is 22.4 Å². The highest BCUT2D eigenvalue weighted by atomic mass is 35.5. The number of hydrogen-bond acceptors (Lipinski definition) is 3. The molecule has 1 aromatic rings. The number of nitrogens with one attached hydrogen (secondary N) is 1. The smallest absolute Gasteiger partial charge is 0.189 e. The molecule has 0 amide bonds. The maximum absolute atomic E-state index is 5.91. The summed E-state index contributed by atoms with van der Waals surface area (Å²) < 4.78 is 0. The molecule has 0 saturated heterocycles. The van der Waals surface area contributed by atoms with Crippen LogP contribution >= 0.6 is 11.6 Å². The number of aliphatic imine (C=N–C) groups is 1. The minimum absolute atomic E-state index is 0.0747. The first kappa shape index (κ1) is 9.97. The molecule has 0 bridgehead atoms. The second-order valence-corrected chi connectivity index (χ2v) is 5.02. The summed E-state index contributed by atoms with van der Waals surface area (Å²) >= 11 is 5.91. The van der Waals surface area contributed by atoms with Crippen LogP contribution in [0.5, 0.6) is 0 Å². The van der Waals surface area contributed by atoms with Crippen LogP contribution in [0.4, 0.5) is 0 Å². The maximum Gasteiger partial charge on any atom is 0.189 e. The summed E-state index contributed by atoms with van der Waals surface area (Å²) in [5.74, 6) is 1.21. The van der Waals surface area contributed by atoms with Crippen molar-refractivity contribution in [1.82, 2.24) is 5.32 Å². The number of nitrogens with zero attached hydrogens (tertiary/aromatic N) is 1. The third-order valence-electron chi connectivity index (χ3n) is 3.48. The average molecular weight is 236 g/mol. The van der Waals surface area contributed by atoms with E-state index in [-0.39, 0.29) is 5.54 Å². The van der Waals surface area contributed by atoms with Crippen LogP contribution < -0.4 is 11.1 Å². The van der Waals surface area contributed by atoms with Gasteiger partial charge >= 0.3 is 0 Å². The van der Waals surface area contributed by atoms with Crippen LogP contribution in [0.1, 0.15) is 18.4 Å². The highest BCUT2D eigenvalue weighted by Gasteiger charge is 2.49. The third-order valence-corrected chi connectivity index (χ3v) is 3.74. The van der Waals surface area contributed by atoms with Crippen LogP contribution in [-0.4, -0.2) is 12.5 Å². The van der Waals surface area contributed by atoms with E-state index in [1.165, 1.54) is 18.4 Å². The molecule has 1 fully saturated rings. The van der Waals surface area contributed by atoms with Gasteiger partial charge in [-0.1, -0.05) is 23.7 Å². The highest BCUT2D eigenvalue weighted by molar-refractivity contribution is 6.30. The lowest BCUT2D eigenvalue weighted by molar-refractivity contribution is 0.372. The first-order valence-electron chi connectivity index (χ1n) is 5.55. The van der Waals surface area contributed by atoms with Crippen LogP contribution in [0.25, 0.3) is 0 Å². The van der Waals surface area contributed by atoms with E-state index in [0.717, 1.165) is 11.6 Å². The molecule has 0 spiro atoms. The number of halogens is 1. The van der Waals surface area contributed by atoms with Gasteiger partial charge < -0.3 is 11.1 Å². The minimum Gasteiger partial charge on any atom is -0.370 e. The first-order chi connectivity index (χ1) is 7.71. The SMILES string of the molecule is NC1=NCC(c2ccc(Cl)cc2)(C2CC2)N1. The molecule has 0 radical (unpaired) electrons. The van der Waals surface area contributed by atoms with Crippen LogP contribution in [0.2, 0.25) is 5.02 Å². The van der Waals surface area contributed by atoms with Crippen molar-refractivity contribution in [2.45, 2.75) is 18.4 Å². The Morgan fingerprint density at radius 1 is 1.31 bits per heavy atom. The fourth-order valence-corrected chi connectivity index (χ4v) is 2.60. The van der Waals surface area contributed by atoms with Gasteiger partial charge in [0.15, 0.2) is 5.96 Å². The molecule has 3 nitrogen and oxygen atoms in total. The van der Waals surface area contributed by atoms with Gasteiger partial charge in [-0.05, 0) is 36.5 Å². The Balaban J connectivity index is 1.98. The Morgan fingerprint density at radius 3 is 2.50 bits per heavy atom. The van der Waals surface area contributed by atoms with Crippen LogP contribution in [0, 0.1) is 5.92 Å². The number of nitrogens with two attached hydrogens (primary N) is 1. The van der Waals surface area contributed by atoms with E-state index in [9.17, 15) is 0 Å². The summed E-state index contributed by atoms with van der Waals surface area (Å²) in [5.41, 5.74) is 6.92. The summed E-state index contributed by atoms with van der Waals surface area (Å²) in [5, 5.41) is 4.12. The van der Waals surface area contributed by atoms with Gasteiger partial charge in [-0.3, -0.25) is 4.99 Å². The fourth-order valence-electron chi connectivity index (χ4n) is 2.47. The topological polar surface area (TPSA) is 50.4 Å². The third kappa shape index (κ3) is 1.47. The number of benzene rings is 1. The largest absolute Gasteiger partial charge is 0.370 e. The van der Waals surface area contributed by atoms with Crippen molar-refractivity contribution >= 4 is 17.6 Å². The van der Waals surface area contributed by atoms with Crippen molar-refractivity contribution in [3.05, 3.63) is 34.9 Å². The van der Waals surface area contributed by atoms with Gasteiger partial charge in [-0.15, -0.1) is 0 Å². The molecule has 16 heavy (non-hydrogen) atoms. The quantitative estimate of drug-likeness (QED) is 0.822. The highest BCUT2D eigenvalue weighted by Crippen LogP contribution is 2.47. The molecule has 2 aliphatic rings. The second kappa shape index (κ2) is 3.39. The lowest BCUT2D eigenvalue weighted by Gasteiger charge is -2.30. The molecule has 3 rings (SSSR count). The van der Waals surface area contributed by atoms with E-state index in [1.807, 2.05) is 12.1 Å². The molecule has 1 heterocycles. The van der Waals surface area contributed by atoms with Crippen molar-refractivity contribution in [2.75, 3.05) is 6.54 Å². The van der Waals surface area contributed by atoms with Gasteiger partial charge in [-0.25, -0.2) is 0 Å². The van der Waals surface area contributed by atoms with Crippen molar-refractivity contribution in [3.8, 4) is 0 Å². The molecule has 4 heteroatoms. The summed E-state index contributed by atoms with van der Waals surface area (Å²) in [6, 6.07) is 8.00. The zero-order valence-corrected chi connectivity index (χ0v) is 9.67.